The Balaban J connectivity index is 1.13. The average molecular weight is 574 g/mol. The molecule has 2 amide bonds. The number of benzene rings is 1. The number of anilines is 4. The molecule has 0 spiro atoms. The van der Waals surface area contributed by atoms with Crippen LogP contribution in [0.3, 0.4) is 0 Å². The van der Waals surface area contributed by atoms with Gasteiger partial charge in [-0.2, -0.15) is 0 Å². The number of carbonyl (C=O) groups excluding carboxylic acids is 2. The monoisotopic (exact) mass is 573 g/mol. The number of halogens is 1. The largest absolute Gasteiger partial charge is 0.368 e. The summed E-state index contributed by atoms with van der Waals surface area (Å²) < 4.78 is 14.7. The Kier molecular flexibility index (Phi) is 7.88. The van der Waals surface area contributed by atoms with Crippen LogP contribution in [0.25, 0.3) is 0 Å². The van der Waals surface area contributed by atoms with Crippen molar-refractivity contribution in [3.05, 3.63) is 65.4 Å². The molecule has 42 heavy (non-hydrogen) atoms. The van der Waals surface area contributed by atoms with Crippen molar-refractivity contribution in [1.29, 1.82) is 0 Å². The van der Waals surface area contributed by atoms with Crippen molar-refractivity contribution >= 4 is 35.0 Å². The summed E-state index contributed by atoms with van der Waals surface area (Å²) in [7, 11) is 2.11. The molecule has 3 aliphatic rings. The van der Waals surface area contributed by atoms with E-state index in [0.29, 0.717) is 30.6 Å². The molecule has 0 bridgehead atoms. The van der Waals surface area contributed by atoms with Crippen LogP contribution in [0.4, 0.5) is 27.5 Å². The van der Waals surface area contributed by atoms with Gasteiger partial charge in [-0.15, -0.1) is 0 Å². The Labute approximate surface area is 244 Å². The molecule has 1 saturated carbocycles. The molecule has 3 aromatic rings. The fourth-order valence-electron chi connectivity index (χ4n) is 5.58. The van der Waals surface area contributed by atoms with Gasteiger partial charge in [0.25, 0.3) is 11.8 Å². The molecule has 2 aromatic heterocycles. The molecule has 11 nitrogen and oxygen atoms in total. The third kappa shape index (κ3) is 6.28. The second-order valence-corrected chi connectivity index (χ2v) is 11.4. The third-order valence-corrected chi connectivity index (χ3v) is 8.22. The quantitative estimate of drug-likeness (QED) is 0.372. The molecule has 12 heteroatoms. The van der Waals surface area contributed by atoms with E-state index < -0.39 is 17.6 Å². The van der Waals surface area contributed by atoms with Gasteiger partial charge >= 0.3 is 0 Å². The fraction of sp³-hybridized carbons (Fsp3) is 0.433. The summed E-state index contributed by atoms with van der Waals surface area (Å²) in [6, 6.07) is 8.54. The standard InChI is InChI=1S/C30H36FN9O2/c1-38-11-13-39(14-12-38)22-7-9-25(33-16-22)36-29-27(28(32)41)34-17-26(37-29)40-10-2-3-21(18-40)35-30(42)23-8-6-20(15-24(23)31)19-4-5-19/h6-9,15-17,19,21H,2-5,10-14,18H2,1H3,(H2,32,41)(H,35,42)(H,33,36,37)/t21-/m1/s1. The van der Waals surface area contributed by atoms with Crippen molar-refractivity contribution in [1.82, 2.24) is 25.2 Å². The van der Waals surface area contributed by atoms with Gasteiger partial charge in [0.15, 0.2) is 11.5 Å². The molecule has 220 valence electrons. The first-order valence-electron chi connectivity index (χ1n) is 14.5. The number of nitrogens with zero attached hydrogens (tertiary/aromatic N) is 6. The predicted molar refractivity (Wildman–Crippen MR) is 159 cm³/mol. The van der Waals surface area contributed by atoms with E-state index in [1.807, 2.05) is 23.1 Å². The second kappa shape index (κ2) is 11.9. The van der Waals surface area contributed by atoms with Gasteiger partial charge in [0.1, 0.15) is 17.5 Å². The highest BCUT2D eigenvalue weighted by molar-refractivity contribution is 5.96. The van der Waals surface area contributed by atoms with E-state index in [-0.39, 0.29) is 23.1 Å². The van der Waals surface area contributed by atoms with E-state index in [9.17, 15) is 14.0 Å². The Bertz CT molecular complexity index is 1460. The van der Waals surface area contributed by atoms with Gasteiger partial charge in [0, 0.05) is 45.3 Å². The molecular weight excluding hydrogens is 537 g/mol. The topological polar surface area (TPSA) is 133 Å². The Morgan fingerprint density at radius 2 is 1.79 bits per heavy atom. The second-order valence-electron chi connectivity index (χ2n) is 11.4. The van der Waals surface area contributed by atoms with Gasteiger partial charge in [0.05, 0.1) is 23.6 Å². The highest BCUT2D eigenvalue weighted by Crippen LogP contribution is 2.40. The summed E-state index contributed by atoms with van der Waals surface area (Å²) in [6.45, 7) is 5.02. The summed E-state index contributed by atoms with van der Waals surface area (Å²) in [6.07, 6.45) is 7.01. The Hall–Kier alpha value is -4.32. The summed E-state index contributed by atoms with van der Waals surface area (Å²) in [5, 5.41) is 6.09. The molecule has 3 fully saturated rings. The number of carbonyl (C=O) groups is 2. The van der Waals surface area contributed by atoms with Crippen LogP contribution >= 0.6 is 0 Å². The first kappa shape index (κ1) is 27.8. The minimum atomic E-state index is -0.705. The van der Waals surface area contributed by atoms with Crippen LogP contribution in [0.15, 0.2) is 42.7 Å². The minimum absolute atomic E-state index is 0.00989. The van der Waals surface area contributed by atoms with Gasteiger partial charge in [0.2, 0.25) is 0 Å². The third-order valence-electron chi connectivity index (χ3n) is 8.22. The predicted octanol–water partition coefficient (Wildman–Crippen LogP) is 2.88. The van der Waals surface area contributed by atoms with E-state index in [0.717, 1.165) is 63.1 Å². The molecular formula is C30H36FN9O2. The lowest BCUT2D eigenvalue weighted by molar-refractivity contribution is 0.0927. The number of primary amides is 1. The molecule has 4 heterocycles. The van der Waals surface area contributed by atoms with E-state index >= 15 is 0 Å². The molecule has 1 atom stereocenters. The maximum absolute atomic E-state index is 14.7. The van der Waals surface area contributed by atoms with Crippen molar-refractivity contribution in [2.75, 3.05) is 61.4 Å². The van der Waals surface area contributed by atoms with Gasteiger partial charge in [-0.1, -0.05) is 6.07 Å². The van der Waals surface area contributed by atoms with Gasteiger partial charge in [-0.05, 0) is 68.5 Å². The molecule has 1 aromatic carbocycles. The summed E-state index contributed by atoms with van der Waals surface area (Å²) in [4.78, 5) is 45.1. The van der Waals surface area contributed by atoms with Crippen molar-refractivity contribution in [3.8, 4) is 0 Å². The highest BCUT2D eigenvalue weighted by Gasteiger charge is 2.27. The fourth-order valence-corrected chi connectivity index (χ4v) is 5.58. The number of rotatable bonds is 8. The molecule has 1 aliphatic carbocycles. The number of hydrogen-bond acceptors (Lipinski definition) is 9. The smallest absolute Gasteiger partial charge is 0.271 e. The first-order chi connectivity index (χ1) is 20.3. The normalized spacial score (nSPS) is 19.4. The van der Waals surface area contributed by atoms with Gasteiger partial charge in [-0.25, -0.2) is 19.3 Å². The summed E-state index contributed by atoms with van der Waals surface area (Å²) >= 11 is 0. The molecule has 4 N–H and O–H groups in total. The minimum Gasteiger partial charge on any atom is -0.368 e. The number of piperidine rings is 1. The van der Waals surface area contributed by atoms with Crippen LogP contribution in [0.5, 0.6) is 0 Å². The lowest BCUT2D eigenvalue weighted by atomic mass is 10.0. The van der Waals surface area contributed by atoms with E-state index in [1.165, 1.54) is 12.3 Å². The van der Waals surface area contributed by atoms with Crippen LogP contribution in [-0.4, -0.2) is 84.0 Å². The zero-order chi connectivity index (χ0) is 29.2. The first-order valence-corrected chi connectivity index (χ1v) is 14.5. The van der Waals surface area contributed by atoms with Gasteiger partial charge in [-0.3, -0.25) is 9.59 Å². The zero-order valence-corrected chi connectivity index (χ0v) is 23.7. The molecule has 2 aliphatic heterocycles. The number of nitrogens with one attached hydrogen (secondary N) is 2. The SMILES string of the molecule is CN1CCN(c2ccc(Nc3nc(N4CCC[C@@H](NC(=O)c5ccc(C6CC6)cc5F)C4)cnc3C(N)=O)nc2)CC1. The summed E-state index contributed by atoms with van der Waals surface area (Å²) in [5.74, 6) is 0.0645. The van der Waals surface area contributed by atoms with Crippen LogP contribution in [-0.2, 0) is 0 Å². The lowest BCUT2D eigenvalue weighted by Gasteiger charge is -2.34. The van der Waals surface area contributed by atoms with Crippen molar-refractivity contribution < 1.29 is 14.0 Å². The average Bonchev–Trinajstić information content (AvgIpc) is 3.84. The van der Waals surface area contributed by atoms with Crippen molar-refractivity contribution in [2.24, 2.45) is 5.73 Å². The number of hydrogen-bond donors (Lipinski definition) is 3. The zero-order valence-electron chi connectivity index (χ0n) is 23.7. The number of likely N-dealkylation sites (N-methyl/N-ethyl adjacent to an activating group) is 1. The maximum atomic E-state index is 14.7. The van der Waals surface area contributed by atoms with Crippen LogP contribution in [0, 0.1) is 5.82 Å². The Morgan fingerprint density at radius 3 is 2.48 bits per heavy atom. The van der Waals surface area contributed by atoms with E-state index in [2.05, 4.69) is 42.4 Å². The number of nitrogens with two attached hydrogens (primary N) is 1. The van der Waals surface area contributed by atoms with Crippen LogP contribution in [0.1, 0.15) is 58.0 Å². The molecule has 0 unspecified atom stereocenters. The van der Waals surface area contributed by atoms with E-state index in [1.54, 1.807) is 12.3 Å². The number of aromatic nitrogens is 3. The Morgan fingerprint density at radius 1 is 0.976 bits per heavy atom. The lowest BCUT2D eigenvalue weighted by Crippen LogP contribution is -2.48. The molecule has 6 rings (SSSR count). The molecule has 2 saturated heterocycles. The maximum Gasteiger partial charge on any atom is 0.271 e. The summed E-state index contributed by atoms with van der Waals surface area (Å²) in [5.41, 5.74) is 7.65. The van der Waals surface area contributed by atoms with Crippen molar-refractivity contribution in [3.63, 3.8) is 0 Å². The highest BCUT2D eigenvalue weighted by atomic mass is 19.1. The number of pyridine rings is 1. The van der Waals surface area contributed by atoms with E-state index in [4.69, 9.17) is 5.73 Å². The van der Waals surface area contributed by atoms with Crippen LogP contribution in [0.2, 0.25) is 0 Å². The van der Waals surface area contributed by atoms with Crippen LogP contribution < -0.4 is 26.2 Å². The molecule has 0 radical (unpaired) electrons. The van der Waals surface area contributed by atoms with Gasteiger partial charge < -0.3 is 31.1 Å². The van der Waals surface area contributed by atoms with Crippen molar-refractivity contribution in [2.45, 2.75) is 37.6 Å². The number of amides is 2. The number of piperazine rings is 1.